The first kappa shape index (κ1) is 9.48. The number of rotatable bonds is 6. The molecule has 1 amide bonds. The van der Waals surface area contributed by atoms with Gasteiger partial charge in [0.05, 0.1) is 19.3 Å². The highest BCUT2D eigenvalue weighted by Gasteiger charge is 2.16. The summed E-state index contributed by atoms with van der Waals surface area (Å²) < 4.78 is 4.99. The summed E-state index contributed by atoms with van der Waals surface area (Å²) in [4.78, 5) is 10.3. The third kappa shape index (κ3) is 3.69. The third-order valence-corrected chi connectivity index (χ3v) is 1.92. The summed E-state index contributed by atoms with van der Waals surface area (Å²) in [7, 11) is 0. The predicted octanol–water partition coefficient (Wildman–Crippen LogP) is -0.370. The molecule has 12 heavy (non-hydrogen) atoms. The van der Waals surface area contributed by atoms with Crippen molar-refractivity contribution in [2.75, 3.05) is 19.8 Å². The molecule has 1 heterocycles. The summed E-state index contributed by atoms with van der Waals surface area (Å²) in [5.74, 6) is -0.207. The molecule has 1 rings (SSSR count). The molecule has 0 spiro atoms. The molecule has 0 bridgehead atoms. The second-order valence-corrected chi connectivity index (χ2v) is 3.11. The molecular weight excluding hydrogens is 156 g/mol. The van der Waals surface area contributed by atoms with E-state index in [1.54, 1.807) is 0 Å². The number of amides is 1. The number of unbranched alkanes of at least 4 members (excludes halogenated alkanes) is 1. The largest absolute Gasteiger partial charge is 0.378 e. The fourth-order valence-electron chi connectivity index (χ4n) is 1.08. The molecule has 0 radical (unpaired) electrons. The number of hydrogen-bond donors (Lipinski definition) is 2. The fourth-order valence-corrected chi connectivity index (χ4v) is 1.08. The van der Waals surface area contributed by atoms with E-state index >= 15 is 0 Å². The summed E-state index contributed by atoms with van der Waals surface area (Å²) in [6.45, 7) is 2.62. The number of nitrogens with two attached hydrogens (primary N) is 1. The van der Waals surface area contributed by atoms with Crippen LogP contribution in [-0.2, 0) is 9.53 Å². The highest BCUT2D eigenvalue weighted by atomic mass is 16.5. The van der Waals surface area contributed by atoms with Crippen molar-refractivity contribution in [1.29, 1.82) is 0 Å². The molecule has 0 aromatic rings. The van der Waals surface area contributed by atoms with Crippen molar-refractivity contribution in [1.82, 2.24) is 5.32 Å². The number of carbonyl (C=O) groups excluding carboxylic acids is 1. The minimum absolute atomic E-state index is 0.207. The molecule has 1 aliphatic rings. The van der Waals surface area contributed by atoms with Gasteiger partial charge < -0.3 is 15.8 Å². The lowest BCUT2D eigenvalue weighted by Crippen LogP contribution is -2.46. The van der Waals surface area contributed by atoms with E-state index in [1.165, 1.54) is 0 Å². The lowest BCUT2D eigenvalue weighted by atomic mass is 10.2. The van der Waals surface area contributed by atoms with Gasteiger partial charge in [-0.15, -0.1) is 0 Å². The van der Waals surface area contributed by atoms with Crippen LogP contribution in [-0.4, -0.2) is 31.7 Å². The first-order valence-electron chi connectivity index (χ1n) is 4.38. The Bertz CT molecular complexity index is 146. The average molecular weight is 172 g/mol. The van der Waals surface area contributed by atoms with Crippen molar-refractivity contribution in [2.24, 2.45) is 5.73 Å². The molecule has 4 nitrogen and oxygen atoms in total. The third-order valence-electron chi connectivity index (χ3n) is 1.92. The predicted molar refractivity (Wildman–Crippen MR) is 45.7 cm³/mol. The first-order valence-corrected chi connectivity index (χ1v) is 4.38. The van der Waals surface area contributed by atoms with E-state index < -0.39 is 0 Å². The van der Waals surface area contributed by atoms with Crippen LogP contribution in [0.2, 0.25) is 0 Å². The van der Waals surface area contributed by atoms with Gasteiger partial charge in [-0.2, -0.15) is 0 Å². The van der Waals surface area contributed by atoms with Crippen LogP contribution >= 0.6 is 0 Å². The van der Waals surface area contributed by atoms with E-state index in [4.69, 9.17) is 10.5 Å². The molecule has 3 N–H and O–H groups in total. The fraction of sp³-hybridized carbons (Fsp3) is 0.875. The van der Waals surface area contributed by atoms with Crippen LogP contribution in [0.5, 0.6) is 0 Å². The SMILES string of the molecule is NC(=O)CCCCNC1COC1. The van der Waals surface area contributed by atoms with Gasteiger partial charge in [0.2, 0.25) is 5.91 Å². The van der Waals surface area contributed by atoms with Crippen LogP contribution in [0.4, 0.5) is 0 Å². The molecule has 70 valence electrons. The Kier molecular flexibility index (Phi) is 4.04. The monoisotopic (exact) mass is 172 g/mol. The number of primary amides is 1. The summed E-state index contributed by atoms with van der Waals surface area (Å²) in [5.41, 5.74) is 4.99. The smallest absolute Gasteiger partial charge is 0.217 e. The van der Waals surface area contributed by atoms with Crippen LogP contribution in [0.15, 0.2) is 0 Å². The van der Waals surface area contributed by atoms with Crippen molar-refractivity contribution >= 4 is 5.91 Å². The standard InChI is InChI=1S/C8H16N2O2/c9-8(11)3-1-2-4-10-7-5-12-6-7/h7,10H,1-6H2,(H2,9,11). The van der Waals surface area contributed by atoms with Gasteiger partial charge in [-0.1, -0.05) is 0 Å². The van der Waals surface area contributed by atoms with Crippen LogP contribution in [0.1, 0.15) is 19.3 Å². The van der Waals surface area contributed by atoms with Gasteiger partial charge in [-0.3, -0.25) is 4.79 Å². The van der Waals surface area contributed by atoms with E-state index in [1.807, 2.05) is 0 Å². The first-order chi connectivity index (χ1) is 5.79. The number of carbonyl (C=O) groups is 1. The highest BCUT2D eigenvalue weighted by molar-refractivity contribution is 5.73. The molecule has 0 unspecified atom stereocenters. The van der Waals surface area contributed by atoms with Gasteiger partial charge in [-0.05, 0) is 19.4 Å². The van der Waals surface area contributed by atoms with Crippen LogP contribution in [0.25, 0.3) is 0 Å². The van der Waals surface area contributed by atoms with Gasteiger partial charge in [0.15, 0.2) is 0 Å². The summed E-state index contributed by atoms with van der Waals surface area (Å²) in [6.07, 6.45) is 2.40. The average Bonchev–Trinajstić information content (AvgIpc) is 1.92. The molecule has 0 atom stereocenters. The Morgan fingerprint density at radius 2 is 2.25 bits per heavy atom. The topological polar surface area (TPSA) is 64.4 Å². The van der Waals surface area contributed by atoms with E-state index in [-0.39, 0.29) is 5.91 Å². The van der Waals surface area contributed by atoms with Gasteiger partial charge in [0, 0.05) is 6.42 Å². The number of nitrogens with one attached hydrogen (secondary N) is 1. The van der Waals surface area contributed by atoms with E-state index in [0.717, 1.165) is 32.6 Å². The zero-order valence-corrected chi connectivity index (χ0v) is 7.21. The molecule has 1 fully saturated rings. The second-order valence-electron chi connectivity index (χ2n) is 3.11. The molecule has 0 saturated carbocycles. The number of ether oxygens (including phenoxy) is 1. The van der Waals surface area contributed by atoms with E-state index in [0.29, 0.717) is 12.5 Å². The quantitative estimate of drug-likeness (QED) is 0.537. The molecule has 0 aromatic heterocycles. The van der Waals surface area contributed by atoms with Gasteiger partial charge >= 0.3 is 0 Å². The maximum Gasteiger partial charge on any atom is 0.217 e. The van der Waals surface area contributed by atoms with Crippen molar-refractivity contribution < 1.29 is 9.53 Å². The van der Waals surface area contributed by atoms with Crippen molar-refractivity contribution in [3.8, 4) is 0 Å². The highest BCUT2D eigenvalue weighted by Crippen LogP contribution is 2.00. The molecule has 4 heteroatoms. The molecule has 0 aromatic carbocycles. The Morgan fingerprint density at radius 3 is 2.75 bits per heavy atom. The Balaban J connectivity index is 1.79. The van der Waals surface area contributed by atoms with E-state index in [2.05, 4.69) is 5.32 Å². The van der Waals surface area contributed by atoms with Crippen molar-refractivity contribution in [3.05, 3.63) is 0 Å². The molecule has 1 saturated heterocycles. The maximum absolute atomic E-state index is 10.3. The van der Waals surface area contributed by atoms with Gasteiger partial charge in [0.1, 0.15) is 0 Å². The van der Waals surface area contributed by atoms with Crippen molar-refractivity contribution in [2.45, 2.75) is 25.3 Å². The number of hydrogen-bond acceptors (Lipinski definition) is 3. The summed E-state index contributed by atoms with van der Waals surface area (Å²) in [6, 6.07) is 0.540. The Morgan fingerprint density at radius 1 is 1.50 bits per heavy atom. The molecule has 1 aliphatic heterocycles. The maximum atomic E-state index is 10.3. The van der Waals surface area contributed by atoms with Gasteiger partial charge in [-0.25, -0.2) is 0 Å². The summed E-state index contributed by atoms with van der Waals surface area (Å²) >= 11 is 0. The van der Waals surface area contributed by atoms with Crippen LogP contribution in [0.3, 0.4) is 0 Å². The minimum atomic E-state index is -0.207. The molecular formula is C8H16N2O2. The lowest BCUT2D eigenvalue weighted by Gasteiger charge is -2.26. The Labute approximate surface area is 72.5 Å². The minimum Gasteiger partial charge on any atom is -0.378 e. The van der Waals surface area contributed by atoms with Crippen LogP contribution in [0, 0.1) is 0 Å². The normalized spacial score (nSPS) is 17.3. The Hall–Kier alpha value is -0.610. The van der Waals surface area contributed by atoms with Crippen molar-refractivity contribution in [3.63, 3.8) is 0 Å². The lowest BCUT2D eigenvalue weighted by molar-refractivity contribution is -0.118. The van der Waals surface area contributed by atoms with Gasteiger partial charge in [0.25, 0.3) is 0 Å². The van der Waals surface area contributed by atoms with E-state index in [9.17, 15) is 4.79 Å². The second kappa shape index (κ2) is 5.11. The summed E-state index contributed by atoms with van der Waals surface area (Å²) in [5, 5.41) is 3.32. The molecule has 0 aliphatic carbocycles. The zero-order chi connectivity index (χ0) is 8.81. The zero-order valence-electron chi connectivity index (χ0n) is 7.21. The van der Waals surface area contributed by atoms with Crippen LogP contribution < -0.4 is 11.1 Å².